The molecule has 3 rings (SSSR count). The number of rotatable bonds is 3. The van der Waals surface area contributed by atoms with Crippen molar-refractivity contribution >= 4 is 28.2 Å². The maximum absolute atomic E-state index is 7.42. The van der Waals surface area contributed by atoms with E-state index in [4.69, 9.17) is 11.1 Å². The van der Waals surface area contributed by atoms with Crippen LogP contribution in [0.15, 0.2) is 60.7 Å². The molecule has 3 aromatic rings. The Morgan fingerprint density at radius 1 is 1.00 bits per heavy atom. The maximum atomic E-state index is 7.42. The fourth-order valence-electron chi connectivity index (χ4n) is 2.24. The Morgan fingerprint density at radius 2 is 1.71 bits per heavy atom. The third kappa shape index (κ3) is 2.56. The van der Waals surface area contributed by atoms with E-state index in [0.717, 1.165) is 28.0 Å². The smallest absolute Gasteiger partial charge is 0.133 e. The Hall–Kier alpha value is -2.88. The summed E-state index contributed by atoms with van der Waals surface area (Å²) in [5.74, 6) is 0.956. The van der Waals surface area contributed by atoms with Crippen LogP contribution in [0.4, 0.5) is 11.5 Å². The molecule has 0 radical (unpaired) electrons. The first-order valence-electron chi connectivity index (χ1n) is 6.69. The number of hydrogen-bond donors (Lipinski definition) is 2. The van der Waals surface area contributed by atoms with E-state index >= 15 is 0 Å². The van der Waals surface area contributed by atoms with E-state index in [1.54, 1.807) is 0 Å². The van der Waals surface area contributed by atoms with E-state index in [1.807, 2.05) is 66.5 Å². The SMILES string of the molecule is CN(c1ccc(C(=N)N)cc1)c1ccc2ccccc2n1. The summed E-state index contributed by atoms with van der Waals surface area (Å²) in [6, 6.07) is 19.7. The second kappa shape index (κ2) is 5.25. The predicted molar refractivity (Wildman–Crippen MR) is 87.3 cm³/mol. The molecule has 0 bridgehead atoms. The van der Waals surface area contributed by atoms with Crippen LogP contribution in [0.3, 0.4) is 0 Å². The number of fused-ring (bicyclic) bond motifs is 1. The number of benzene rings is 2. The lowest BCUT2D eigenvalue weighted by molar-refractivity contribution is 1.15. The van der Waals surface area contributed by atoms with Gasteiger partial charge in [-0.15, -0.1) is 0 Å². The molecule has 1 heterocycles. The van der Waals surface area contributed by atoms with Crippen molar-refractivity contribution in [2.24, 2.45) is 5.73 Å². The number of amidine groups is 1. The van der Waals surface area contributed by atoms with Crippen molar-refractivity contribution in [2.45, 2.75) is 0 Å². The molecule has 2 aromatic carbocycles. The average molecular weight is 276 g/mol. The molecule has 0 aliphatic heterocycles. The van der Waals surface area contributed by atoms with Crippen molar-refractivity contribution in [3.63, 3.8) is 0 Å². The second-order valence-electron chi connectivity index (χ2n) is 4.88. The van der Waals surface area contributed by atoms with Gasteiger partial charge in [-0.3, -0.25) is 5.41 Å². The highest BCUT2D eigenvalue weighted by Gasteiger charge is 2.06. The van der Waals surface area contributed by atoms with Crippen LogP contribution in [0.2, 0.25) is 0 Å². The number of aromatic nitrogens is 1. The molecule has 0 aliphatic carbocycles. The lowest BCUT2D eigenvalue weighted by Gasteiger charge is -2.19. The van der Waals surface area contributed by atoms with Gasteiger partial charge in [0.1, 0.15) is 11.7 Å². The van der Waals surface area contributed by atoms with Crippen LogP contribution in [0.1, 0.15) is 5.56 Å². The minimum Gasteiger partial charge on any atom is -0.384 e. The molecule has 3 N–H and O–H groups in total. The topological polar surface area (TPSA) is 66.0 Å². The molecule has 4 heteroatoms. The Labute approximate surface area is 123 Å². The Bertz CT molecular complexity index is 793. The van der Waals surface area contributed by atoms with Gasteiger partial charge in [-0.05, 0) is 42.5 Å². The minimum atomic E-state index is 0.0769. The molecule has 0 spiro atoms. The van der Waals surface area contributed by atoms with E-state index in [-0.39, 0.29) is 5.84 Å². The fraction of sp³-hybridized carbons (Fsp3) is 0.0588. The van der Waals surface area contributed by atoms with Crippen LogP contribution in [-0.2, 0) is 0 Å². The molecular formula is C17H16N4. The summed E-state index contributed by atoms with van der Waals surface area (Å²) in [6.45, 7) is 0. The molecule has 0 fully saturated rings. The molecule has 0 atom stereocenters. The van der Waals surface area contributed by atoms with Gasteiger partial charge in [0.05, 0.1) is 5.52 Å². The van der Waals surface area contributed by atoms with Crippen molar-refractivity contribution in [3.05, 3.63) is 66.2 Å². The predicted octanol–water partition coefficient (Wildman–Crippen LogP) is 3.29. The number of pyridine rings is 1. The van der Waals surface area contributed by atoms with Gasteiger partial charge in [-0.25, -0.2) is 4.98 Å². The number of hydrogen-bond acceptors (Lipinski definition) is 3. The van der Waals surface area contributed by atoms with E-state index in [2.05, 4.69) is 11.1 Å². The summed E-state index contributed by atoms with van der Waals surface area (Å²) < 4.78 is 0. The molecule has 0 saturated heterocycles. The van der Waals surface area contributed by atoms with Crippen LogP contribution in [0.5, 0.6) is 0 Å². The van der Waals surface area contributed by atoms with Crippen LogP contribution in [0.25, 0.3) is 10.9 Å². The standard InChI is InChI=1S/C17H16N4/c1-21(14-9-6-13(7-10-14)17(18)19)16-11-8-12-4-2-3-5-15(12)20-16/h2-11H,1H3,(H3,18,19). The number of nitrogens with two attached hydrogens (primary N) is 1. The van der Waals surface area contributed by atoms with Gasteiger partial charge < -0.3 is 10.6 Å². The summed E-state index contributed by atoms with van der Waals surface area (Å²) in [7, 11) is 1.97. The monoisotopic (exact) mass is 276 g/mol. The number of nitrogens with one attached hydrogen (secondary N) is 1. The lowest BCUT2D eigenvalue weighted by atomic mass is 10.2. The average Bonchev–Trinajstić information content (AvgIpc) is 2.54. The van der Waals surface area contributed by atoms with Gasteiger partial charge in [-0.1, -0.05) is 18.2 Å². The first-order chi connectivity index (χ1) is 10.1. The first kappa shape index (κ1) is 13.1. The number of para-hydroxylation sites is 1. The van der Waals surface area contributed by atoms with Gasteiger partial charge in [0.15, 0.2) is 0 Å². The molecular weight excluding hydrogens is 260 g/mol. The van der Waals surface area contributed by atoms with Crippen LogP contribution in [0, 0.1) is 5.41 Å². The molecule has 21 heavy (non-hydrogen) atoms. The molecule has 0 amide bonds. The van der Waals surface area contributed by atoms with Gasteiger partial charge >= 0.3 is 0 Å². The Balaban J connectivity index is 1.95. The zero-order valence-corrected chi connectivity index (χ0v) is 11.7. The van der Waals surface area contributed by atoms with Gasteiger partial charge in [0, 0.05) is 23.7 Å². The highest BCUT2D eigenvalue weighted by atomic mass is 15.2. The van der Waals surface area contributed by atoms with Crippen LogP contribution in [-0.4, -0.2) is 17.9 Å². The molecule has 104 valence electrons. The third-order valence-corrected chi connectivity index (χ3v) is 3.49. The molecule has 0 aliphatic rings. The van der Waals surface area contributed by atoms with Crippen LogP contribution < -0.4 is 10.6 Å². The van der Waals surface area contributed by atoms with Crippen molar-refractivity contribution in [2.75, 3.05) is 11.9 Å². The van der Waals surface area contributed by atoms with E-state index in [1.165, 1.54) is 0 Å². The summed E-state index contributed by atoms with van der Waals surface area (Å²) >= 11 is 0. The van der Waals surface area contributed by atoms with Gasteiger partial charge in [0.25, 0.3) is 0 Å². The second-order valence-corrected chi connectivity index (χ2v) is 4.88. The van der Waals surface area contributed by atoms with E-state index in [9.17, 15) is 0 Å². The summed E-state index contributed by atoms with van der Waals surface area (Å²) in [5, 5.41) is 8.55. The zero-order valence-electron chi connectivity index (χ0n) is 11.7. The van der Waals surface area contributed by atoms with Crippen molar-refractivity contribution in [1.29, 1.82) is 5.41 Å². The van der Waals surface area contributed by atoms with Crippen molar-refractivity contribution in [1.82, 2.24) is 4.98 Å². The lowest BCUT2D eigenvalue weighted by Crippen LogP contribution is -2.13. The van der Waals surface area contributed by atoms with Gasteiger partial charge in [0.2, 0.25) is 0 Å². The quantitative estimate of drug-likeness (QED) is 0.570. The zero-order chi connectivity index (χ0) is 14.8. The highest BCUT2D eigenvalue weighted by Crippen LogP contribution is 2.24. The number of nitrogen functional groups attached to an aromatic ring is 1. The molecule has 1 aromatic heterocycles. The molecule has 0 saturated carbocycles. The maximum Gasteiger partial charge on any atom is 0.133 e. The first-order valence-corrected chi connectivity index (χ1v) is 6.69. The normalized spacial score (nSPS) is 10.5. The van der Waals surface area contributed by atoms with Crippen molar-refractivity contribution < 1.29 is 0 Å². The summed E-state index contributed by atoms with van der Waals surface area (Å²) in [4.78, 5) is 6.68. The Kier molecular flexibility index (Phi) is 3.28. The van der Waals surface area contributed by atoms with E-state index in [0.29, 0.717) is 0 Å². The molecule has 4 nitrogen and oxygen atoms in total. The highest BCUT2D eigenvalue weighted by molar-refractivity contribution is 5.95. The largest absolute Gasteiger partial charge is 0.384 e. The third-order valence-electron chi connectivity index (χ3n) is 3.49. The summed E-state index contributed by atoms with van der Waals surface area (Å²) in [5.41, 5.74) is 8.17. The number of anilines is 2. The fourth-order valence-corrected chi connectivity index (χ4v) is 2.24. The van der Waals surface area contributed by atoms with E-state index < -0.39 is 0 Å². The number of nitrogens with zero attached hydrogens (tertiary/aromatic N) is 2. The van der Waals surface area contributed by atoms with Gasteiger partial charge in [-0.2, -0.15) is 0 Å². The minimum absolute atomic E-state index is 0.0769. The summed E-state index contributed by atoms with van der Waals surface area (Å²) in [6.07, 6.45) is 0. The van der Waals surface area contributed by atoms with Crippen LogP contribution >= 0.6 is 0 Å². The molecule has 0 unspecified atom stereocenters. The van der Waals surface area contributed by atoms with Crippen molar-refractivity contribution in [3.8, 4) is 0 Å². The Morgan fingerprint density at radius 3 is 2.43 bits per heavy atom.